The van der Waals surface area contributed by atoms with E-state index in [-0.39, 0.29) is 26.8 Å². The number of carbonyl (C=O) groups is 1. The van der Waals surface area contributed by atoms with Crippen molar-refractivity contribution in [2.75, 3.05) is 0 Å². The smallest absolute Gasteiger partial charge is 0.313 e. The number of hydrogen-bond donors (Lipinski definition) is 0. The minimum absolute atomic E-state index is 0.0603. The van der Waals surface area contributed by atoms with Gasteiger partial charge in [0.15, 0.2) is 15.6 Å². The summed E-state index contributed by atoms with van der Waals surface area (Å²) in [5.41, 5.74) is 2.30. The molecule has 1 heterocycles. The van der Waals surface area contributed by atoms with Crippen LogP contribution in [0.1, 0.15) is 19.4 Å². The summed E-state index contributed by atoms with van der Waals surface area (Å²) in [6, 6.07) is 13.0. The Morgan fingerprint density at radius 3 is 2.42 bits per heavy atom. The van der Waals surface area contributed by atoms with Crippen molar-refractivity contribution in [1.82, 2.24) is 4.98 Å². The monoisotopic (exact) mass is 547 g/mol. The van der Waals surface area contributed by atoms with Crippen LogP contribution in [0.5, 0.6) is 5.75 Å². The first-order valence-corrected chi connectivity index (χ1v) is 13.7. The highest BCUT2D eigenvalue weighted by Gasteiger charge is 2.28. The molecule has 0 amide bonds. The number of halogens is 3. The van der Waals surface area contributed by atoms with Crippen LogP contribution in [0, 0.1) is 17.6 Å². The van der Waals surface area contributed by atoms with E-state index >= 15 is 0 Å². The maximum absolute atomic E-state index is 14.8. The van der Waals surface area contributed by atoms with E-state index in [9.17, 15) is 22.0 Å². The number of benzene rings is 3. The Morgan fingerprint density at radius 1 is 1.06 bits per heavy atom. The Labute approximate surface area is 216 Å². The predicted octanol–water partition coefficient (Wildman–Crippen LogP) is 6.94. The molecule has 0 saturated carbocycles. The number of ether oxygens (including phenoxy) is 1. The summed E-state index contributed by atoms with van der Waals surface area (Å²) in [7, 11) is -4.33. The summed E-state index contributed by atoms with van der Waals surface area (Å²) in [5.74, 6) is -4.22. The van der Waals surface area contributed by atoms with E-state index in [1.165, 1.54) is 35.7 Å². The van der Waals surface area contributed by atoms with Crippen molar-refractivity contribution in [3.63, 3.8) is 0 Å². The summed E-state index contributed by atoms with van der Waals surface area (Å²) in [5, 5.41) is -0.0990. The first kappa shape index (κ1) is 25.9. The van der Waals surface area contributed by atoms with Crippen molar-refractivity contribution < 1.29 is 26.7 Å². The van der Waals surface area contributed by atoms with E-state index in [0.717, 1.165) is 0 Å². The second-order valence-electron chi connectivity index (χ2n) is 8.28. The highest BCUT2D eigenvalue weighted by atomic mass is 35.5. The molecule has 36 heavy (non-hydrogen) atoms. The molecule has 5 nitrogen and oxygen atoms in total. The molecule has 0 aliphatic rings. The van der Waals surface area contributed by atoms with Gasteiger partial charge in [0.05, 0.1) is 27.1 Å². The van der Waals surface area contributed by atoms with E-state index in [1.54, 1.807) is 49.7 Å². The Kier molecular flexibility index (Phi) is 7.54. The van der Waals surface area contributed by atoms with Crippen LogP contribution in [0.25, 0.3) is 21.6 Å². The molecule has 0 bridgehead atoms. The number of rotatable bonds is 7. The van der Waals surface area contributed by atoms with Gasteiger partial charge in [0.1, 0.15) is 16.5 Å². The second-order valence-corrected chi connectivity index (χ2v) is 11.5. The first-order chi connectivity index (χ1) is 17.1. The zero-order chi connectivity index (χ0) is 26.0. The molecule has 0 unspecified atom stereocenters. The van der Waals surface area contributed by atoms with Crippen LogP contribution < -0.4 is 4.74 Å². The zero-order valence-corrected chi connectivity index (χ0v) is 21.6. The van der Waals surface area contributed by atoms with Crippen molar-refractivity contribution in [3.05, 3.63) is 88.5 Å². The van der Waals surface area contributed by atoms with Crippen LogP contribution in [-0.2, 0) is 20.4 Å². The number of carbonyl (C=O) groups excluding carboxylic acids is 1. The van der Waals surface area contributed by atoms with Crippen molar-refractivity contribution in [2.45, 2.75) is 24.5 Å². The molecule has 3 aromatic carbocycles. The van der Waals surface area contributed by atoms with Gasteiger partial charge in [0, 0.05) is 23.4 Å². The molecule has 186 valence electrons. The van der Waals surface area contributed by atoms with Crippen LogP contribution in [0.2, 0.25) is 5.02 Å². The Bertz CT molecular complexity index is 1520. The third kappa shape index (κ3) is 5.48. The van der Waals surface area contributed by atoms with Gasteiger partial charge in [-0.05, 0) is 29.3 Å². The third-order valence-corrected chi connectivity index (χ3v) is 8.07. The molecule has 4 aromatic rings. The topological polar surface area (TPSA) is 73.3 Å². The SMILES string of the molecule is CC(C)C(=O)Oc1c(Cl)cc(-c2cncs2)cc1S(=O)(=O)Cc1cc(-c2ccccc2)c(F)cc1F. The first-order valence-electron chi connectivity index (χ1n) is 10.8. The maximum atomic E-state index is 14.8. The van der Waals surface area contributed by atoms with Gasteiger partial charge in [-0.1, -0.05) is 55.8 Å². The average Bonchev–Trinajstić information content (AvgIpc) is 3.37. The van der Waals surface area contributed by atoms with Crippen LogP contribution >= 0.6 is 22.9 Å². The summed E-state index contributed by atoms with van der Waals surface area (Å²) in [6.07, 6.45) is 1.54. The van der Waals surface area contributed by atoms with Gasteiger partial charge in [0.25, 0.3) is 0 Å². The number of thiazole rings is 1. The highest BCUT2D eigenvalue weighted by Crippen LogP contribution is 2.40. The summed E-state index contributed by atoms with van der Waals surface area (Å²) in [4.78, 5) is 16.6. The Morgan fingerprint density at radius 2 is 1.78 bits per heavy atom. The van der Waals surface area contributed by atoms with Gasteiger partial charge in [-0.15, -0.1) is 11.3 Å². The molecule has 0 atom stereocenters. The fourth-order valence-electron chi connectivity index (χ4n) is 3.44. The molecule has 0 aliphatic carbocycles. The van der Waals surface area contributed by atoms with Gasteiger partial charge in [-0.3, -0.25) is 9.78 Å². The molecule has 0 N–H and O–H groups in total. The maximum Gasteiger partial charge on any atom is 0.313 e. The quantitative estimate of drug-likeness (QED) is 0.185. The Balaban J connectivity index is 1.83. The molecule has 0 fully saturated rings. The van der Waals surface area contributed by atoms with E-state index in [1.807, 2.05) is 0 Å². The molecule has 0 spiro atoms. The van der Waals surface area contributed by atoms with Gasteiger partial charge in [0.2, 0.25) is 0 Å². The lowest BCUT2D eigenvalue weighted by Gasteiger charge is -2.16. The largest absolute Gasteiger partial charge is 0.423 e. The lowest BCUT2D eigenvalue weighted by atomic mass is 10.0. The fraction of sp³-hybridized carbons (Fsp3) is 0.154. The van der Waals surface area contributed by atoms with E-state index < -0.39 is 39.1 Å². The standard InChI is InChI=1S/C26H20ClF2NO4S2/c1-15(2)26(31)34-25-20(27)9-17(23-12-30-14-35-23)10-24(25)36(32,33)13-18-8-19(22(29)11-21(18)28)16-6-4-3-5-7-16/h3-12,14-15H,13H2,1-2H3. The van der Waals surface area contributed by atoms with Crippen LogP contribution in [0.4, 0.5) is 8.78 Å². The zero-order valence-electron chi connectivity index (χ0n) is 19.2. The van der Waals surface area contributed by atoms with Gasteiger partial charge < -0.3 is 4.74 Å². The lowest BCUT2D eigenvalue weighted by molar-refractivity contribution is -0.137. The number of sulfone groups is 1. The average molecular weight is 548 g/mol. The summed E-state index contributed by atoms with van der Waals surface area (Å²) < 4.78 is 61.9. The minimum Gasteiger partial charge on any atom is -0.423 e. The number of esters is 1. The lowest BCUT2D eigenvalue weighted by Crippen LogP contribution is -2.18. The van der Waals surface area contributed by atoms with Crippen molar-refractivity contribution >= 4 is 38.7 Å². The molecule has 1 aromatic heterocycles. The summed E-state index contributed by atoms with van der Waals surface area (Å²) >= 11 is 7.65. The predicted molar refractivity (Wildman–Crippen MR) is 136 cm³/mol. The van der Waals surface area contributed by atoms with Crippen LogP contribution in [-0.4, -0.2) is 19.4 Å². The van der Waals surface area contributed by atoms with E-state index in [2.05, 4.69) is 4.98 Å². The van der Waals surface area contributed by atoms with Gasteiger partial charge in [-0.2, -0.15) is 0 Å². The van der Waals surface area contributed by atoms with Crippen LogP contribution in [0.15, 0.2) is 71.2 Å². The molecular formula is C26H20ClF2NO4S2. The summed E-state index contributed by atoms with van der Waals surface area (Å²) in [6.45, 7) is 3.18. The third-order valence-electron chi connectivity index (χ3n) is 5.30. The highest BCUT2D eigenvalue weighted by molar-refractivity contribution is 7.90. The molecular weight excluding hydrogens is 528 g/mol. The van der Waals surface area contributed by atoms with E-state index in [0.29, 0.717) is 22.1 Å². The van der Waals surface area contributed by atoms with E-state index in [4.69, 9.17) is 16.3 Å². The normalized spacial score (nSPS) is 11.6. The Hall–Kier alpha value is -3.14. The van der Waals surface area contributed by atoms with Crippen LogP contribution in [0.3, 0.4) is 0 Å². The number of hydrogen-bond acceptors (Lipinski definition) is 6. The molecule has 0 radical (unpaired) electrons. The fourth-order valence-corrected chi connectivity index (χ4v) is 5.89. The number of nitrogens with zero attached hydrogens (tertiary/aromatic N) is 1. The second kappa shape index (κ2) is 10.5. The molecule has 0 saturated heterocycles. The van der Waals surface area contributed by atoms with Crippen molar-refractivity contribution in [2.24, 2.45) is 5.92 Å². The number of aromatic nitrogens is 1. The molecule has 4 rings (SSSR count). The molecule has 10 heteroatoms. The molecule has 0 aliphatic heterocycles. The van der Waals surface area contributed by atoms with Gasteiger partial charge in [-0.25, -0.2) is 17.2 Å². The van der Waals surface area contributed by atoms with Gasteiger partial charge >= 0.3 is 5.97 Å². The minimum atomic E-state index is -4.33. The van der Waals surface area contributed by atoms with Crippen molar-refractivity contribution in [1.29, 1.82) is 0 Å². The van der Waals surface area contributed by atoms with Crippen molar-refractivity contribution in [3.8, 4) is 27.3 Å².